The number of thiazole rings is 1. The van der Waals surface area contributed by atoms with Crippen LogP contribution in [-0.2, 0) is 9.59 Å². The molecule has 2 amide bonds. The molecule has 1 aliphatic rings. The standard InChI is InChI=1S/C21H21N3O3S/c1-2-11-27-16-9-7-15(8-10-16)24-13-14(12-19(24)25)20(26)23-21-22-17-5-3-4-6-18(17)28-21/h3-10,14H,2,11-13H2,1H3,(H,22,23,26). The Kier molecular flexibility index (Phi) is 5.25. The maximum Gasteiger partial charge on any atom is 0.231 e. The maximum atomic E-state index is 12.6. The Morgan fingerprint density at radius 1 is 1.25 bits per heavy atom. The summed E-state index contributed by atoms with van der Waals surface area (Å²) in [5.41, 5.74) is 1.64. The van der Waals surface area contributed by atoms with E-state index in [4.69, 9.17) is 4.74 Å². The van der Waals surface area contributed by atoms with Crippen LogP contribution in [0.5, 0.6) is 5.75 Å². The Morgan fingerprint density at radius 3 is 2.79 bits per heavy atom. The number of carbonyl (C=O) groups is 2. The highest BCUT2D eigenvalue weighted by Gasteiger charge is 2.35. The summed E-state index contributed by atoms with van der Waals surface area (Å²) in [6.45, 7) is 3.08. The summed E-state index contributed by atoms with van der Waals surface area (Å²) in [6, 6.07) is 15.2. The number of nitrogens with zero attached hydrogens (tertiary/aromatic N) is 2. The van der Waals surface area contributed by atoms with Gasteiger partial charge in [-0.3, -0.25) is 9.59 Å². The third-order valence-electron chi connectivity index (χ3n) is 4.64. The molecule has 1 atom stereocenters. The summed E-state index contributed by atoms with van der Waals surface area (Å²) < 4.78 is 6.60. The van der Waals surface area contributed by atoms with Gasteiger partial charge in [0.1, 0.15) is 5.75 Å². The van der Waals surface area contributed by atoms with Crippen LogP contribution < -0.4 is 15.0 Å². The second kappa shape index (κ2) is 7.98. The Bertz CT molecular complexity index is 967. The number of amides is 2. The maximum absolute atomic E-state index is 12.6. The van der Waals surface area contributed by atoms with E-state index in [0.29, 0.717) is 18.3 Å². The Balaban J connectivity index is 1.41. The first-order valence-electron chi connectivity index (χ1n) is 9.33. The van der Waals surface area contributed by atoms with Gasteiger partial charge in [0.15, 0.2) is 5.13 Å². The lowest BCUT2D eigenvalue weighted by atomic mass is 10.1. The minimum absolute atomic E-state index is 0.0494. The van der Waals surface area contributed by atoms with Crippen LogP contribution in [0.25, 0.3) is 10.2 Å². The second-order valence-electron chi connectivity index (χ2n) is 6.72. The number of carbonyl (C=O) groups excluding carboxylic acids is 2. The molecule has 4 rings (SSSR count). The first kappa shape index (κ1) is 18.4. The van der Waals surface area contributed by atoms with E-state index in [1.54, 1.807) is 4.90 Å². The van der Waals surface area contributed by atoms with E-state index in [1.807, 2.05) is 48.5 Å². The molecule has 6 nitrogen and oxygen atoms in total. The molecular weight excluding hydrogens is 374 g/mol. The van der Waals surface area contributed by atoms with Crippen molar-refractivity contribution in [2.75, 3.05) is 23.4 Å². The van der Waals surface area contributed by atoms with Crippen LogP contribution in [0.3, 0.4) is 0 Å². The molecule has 2 aromatic carbocycles. The zero-order chi connectivity index (χ0) is 19.5. The van der Waals surface area contributed by atoms with Crippen molar-refractivity contribution in [1.29, 1.82) is 0 Å². The second-order valence-corrected chi connectivity index (χ2v) is 7.75. The average Bonchev–Trinajstić information content (AvgIpc) is 3.29. The number of benzene rings is 2. The van der Waals surface area contributed by atoms with Gasteiger partial charge in [0.05, 0.1) is 22.7 Å². The van der Waals surface area contributed by atoms with E-state index >= 15 is 0 Å². The normalized spacial score (nSPS) is 16.5. The van der Waals surface area contributed by atoms with Gasteiger partial charge in [-0.25, -0.2) is 4.98 Å². The average molecular weight is 395 g/mol. The molecule has 0 spiro atoms. The van der Waals surface area contributed by atoms with Crippen molar-refractivity contribution >= 4 is 44.2 Å². The number of para-hydroxylation sites is 1. The smallest absolute Gasteiger partial charge is 0.231 e. The lowest BCUT2D eigenvalue weighted by molar-refractivity contribution is -0.122. The lowest BCUT2D eigenvalue weighted by Gasteiger charge is -2.17. The van der Waals surface area contributed by atoms with Gasteiger partial charge >= 0.3 is 0 Å². The van der Waals surface area contributed by atoms with E-state index in [1.165, 1.54) is 11.3 Å². The van der Waals surface area contributed by atoms with E-state index in [-0.39, 0.29) is 18.2 Å². The number of fused-ring (bicyclic) bond motifs is 1. The predicted molar refractivity (Wildman–Crippen MR) is 111 cm³/mol. The van der Waals surface area contributed by atoms with Crippen molar-refractivity contribution in [3.63, 3.8) is 0 Å². The Hall–Kier alpha value is -2.93. The summed E-state index contributed by atoms with van der Waals surface area (Å²) in [5, 5.41) is 3.43. The molecule has 2 heterocycles. The largest absolute Gasteiger partial charge is 0.494 e. The number of nitrogens with one attached hydrogen (secondary N) is 1. The summed E-state index contributed by atoms with van der Waals surface area (Å²) in [7, 11) is 0. The van der Waals surface area contributed by atoms with Crippen molar-refractivity contribution in [3.8, 4) is 5.75 Å². The molecule has 28 heavy (non-hydrogen) atoms. The zero-order valence-corrected chi connectivity index (χ0v) is 16.4. The SMILES string of the molecule is CCCOc1ccc(N2CC(C(=O)Nc3nc4ccccc4s3)CC2=O)cc1. The number of anilines is 2. The molecule has 1 saturated heterocycles. The summed E-state index contributed by atoms with van der Waals surface area (Å²) in [5.74, 6) is 0.169. The van der Waals surface area contributed by atoms with Gasteiger partial charge in [-0.05, 0) is 42.8 Å². The molecule has 0 radical (unpaired) electrons. The molecule has 1 aromatic heterocycles. The van der Waals surface area contributed by atoms with Gasteiger partial charge in [0.2, 0.25) is 11.8 Å². The van der Waals surface area contributed by atoms with Crippen molar-refractivity contribution < 1.29 is 14.3 Å². The highest BCUT2D eigenvalue weighted by molar-refractivity contribution is 7.22. The lowest BCUT2D eigenvalue weighted by Crippen LogP contribution is -2.28. The van der Waals surface area contributed by atoms with E-state index in [9.17, 15) is 9.59 Å². The van der Waals surface area contributed by atoms with Crippen LogP contribution in [0.15, 0.2) is 48.5 Å². The Labute approximate surface area is 167 Å². The van der Waals surface area contributed by atoms with Crippen molar-refractivity contribution in [2.24, 2.45) is 5.92 Å². The van der Waals surface area contributed by atoms with Crippen LogP contribution in [0.4, 0.5) is 10.8 Å². The molecule has 1 unspecified atom stereocenters. The van der Waals surface area contributed by atoms with Crippen LogP contribution in [0.1, 0.15) is 19.8 Å². The summed E-state index contributed by atoms with van der Waals surface area (Å²) in [4.78, 5) is 31.2. The number of ether oxygens (including phenoxy) is 1. The van der Waals surface area contributed by atoms with Crippen LogP contribution in [0, 0.1) is 5.92 Å². The van der Waals surface area contributed by atoms with Crippen LogP contribution in [0.2, 0.25) is 0 Å². The fourth-order valence-corrected chi connectivity index (χ4v) is 4.08. The summed E-state index contributed by atoms with van der Waals surface area (Å²) >= 11 is 1.43. The fraction of sp³-hybridized carbons (Fsp3) is 0.286. The molecule has 0 bridgehead atoms. The van der Waals surface area contributed by atoms with Gasteiger partial charge in [-0.2, -0.15) is 0 Å². The van der Waals surface area contributed by atoms with Gasteiger partial charge < -0.3 is 15.0 Å². The fourth-order valence-electron chi connectivity index (χ4n) is 3.21. The van der Waals surface area contributed by atoms with E-state index < -0.39 is 5.92 Å². The minimum Gasteiger partial charge on any atom is -0.494 e. The Morgan fingerprint density at radius 2 is 2.04 bits per heavy atom. The quantitative estimate of drug-likeness (QED) is 0.683. The third kappa shape index (κ3) is 3.84. The highest BCUT2D eigenvalue weighted by Crippen LogP contribution is 2.29. The topological polar surface area (TPSA) is 71.5 Å². The minimum atomic E-state index is -0.393. The van der Waals surface area contributed by atoms with Crippen molar-refractivity contribution in [1.82, 2.24) is 4.98 Å². The van der Waals surface area contributed by atoms with E-state index in [0.717, 1.165) is 28.1 Å². The first-order valence-corrected chi connectivity index (χ1v) is 10.2. The number of aromatic nitrogens is 1. The van der Waals surface area contributed by atoms with Crippen LogP contribution >= 0.6 is 11.3 Å². The molecule has 1 fully saturated rings. The molecule has 3 aromatic rings. The van der Waals surface area contributed by atoms with Crippen molar-refractivity contribution in [3.05, 3.63) is 48.5 Å². The summed E-state index contributed by atoms with van der Waals surface area (Å²) in [6.07, 6.45) is 1.14. The molecule has 7 heteroatoms. The van der Waals surface area contributed by atoms with Crippen LogP contribution in [-0.4, -0.2) is 29.9 Å². The van der Waals surface area contributed by atoms with Gasteiger partial charge in [0.25, 0.3) is 0 Å². The molecular formula is C21H21N3O3S. The highest BCUT2D eigenvalue weighted by atomic mass is 32.1. The van der Waals surface area contributed by atoms with Gasteiger partial charge in [-0.15, -0.1) is 0 Å². The van der Waals surface area contributed by atoms with Crippen molar-refractivity contribution in [2.45, 2.75) is 19.8 Å². The molecule has 1 N–H and O–H groups in total. The van der Waals surface area contributed by atoms with Gasteiger partial charge in [0, 0.05) is 18.7 Å². The zero-order valence-electron chi connectivity index (χ0n) is 15.6. The molecule has 0 saturated carbocycles. The number of rotatable bonds is 6. The predicted octanol–water partition coefficient (Wildman–Crippen LogP) is 4.08. The van der Waals surface area contributed by atoms with Gasteiger partial charge in [-0.1, -0.05) is 30.4 Å². The number of hydrogen-bond donors (Lipinski definition) is 1. The monoisotopic (exact) mass is 395 g/mol. The molecule has 1 aliphatic heterocycles. The molecule has 0 aliphatic carbocycles. The number of hydrogen-bond acceptors (Lipinski definition) is 5. The first-order chi connectivity index (χ1) is 13.6. The third-order valence-corrected chi connectivity index (χ3v) is 5.59. The molecule has 144 valence electrons. The van der Waals surface area contributed by atoms with E-state index in [2.05, 4.69) is 17.2 Å².